The van der Waals surface area contributed by atoms with Gasteiger partial charge >= 0.3 is 5.97 Å². The lowest BCUT2D eigenvalue weighted by atomic mass is 10.1. The third kappa shape index (κ3) is 11.5. The summed E-state index contributed by atoms with van der Waals surface area (Å²) in [7, 11) is 1.32. The predicted octanol–water partition coefficient (Wildman–Crippen LogP) is 7.90. The van der Waals surface area contributed by atoms with Crippen molar-refractivity contribution in [2.75, 3.05) is 53.4 Å². The molecule has 3 heterocycles. The van der Waals surface area contributed by atoms with Crippen LogP contribution in [0.4, 0.5) is 0 Å². The van der Waals surface area contributed by atoms with Crippen molar-refractivity contribution < 1.29 is 46.8 Å². The number of para-hydroxylation sites is 1. The number of hydrogen-bond acceptors (Lipinski definition) is 14. The fraction of sp³-hybridized carbons (Fsp3) is 0.220. The van der Waals surface area contributed by atoms with Crippen LogP contribution in [0.15, 0.2) is 152 Å². The lowest BCUT2D eigenvalue weighted by Crippen LogP contribution is -2.13. The van der Waals surface area contributed by atoms with Crippen LogP contribution in [0.25, 0.3) is 44.6 Å². The van der Waals surface area contributed by atoms with E-state index in [-0.39, 0.29) is 35.6 Å². The number of carbonyl (C=O) groups is 1. The van der Waals surface area contributed by atoms with Gasteiger partial charge in [-0.15, -0.1) is 5.10 Å². The van der Waals surface area contributed by atoms with Crippen LogP contribution >= 0.6 is 0 Å². The Morgan fingerprint density at radius 3 is 2.18 bits per heavy atom. The molecular formula is C50H45N3O12. The molecule has 15 nitrogen and oxygen atoms in total. The number of hydrogen-bond donors (Lipinski definition) is 0. The van der Waals surface area contributed by atoms with Gasteiger partial charge in [0.25, 0.3) is 0 Å². The van der Waals surface area contributed by atoms with Gasteiger partial charge in [-0.2, -0.15) is 0 Å². The fourth-order valence-electron chi connectivity index (χ4n) is 6.79. The number of esters is 1. The van der Waals surface area contributed by atoms with Gasteiger partial charge in [-0.1, -0.05) is 59.8 Å². The Morgan fingerprint density at radius 2 is 1.35 bits per heavy atom. The zero-order chi connectivity index (χ0) is 44.8. The zero-order valence-corrected chi connectivity index (χ0v) is 35.5. The highest BCUT2D eigenvalue weighted by Gasteiger charge is 2.19. The van der Waals surface area contributed by atoms with Gasteiger partial charge in [0.2, 0.25) is 11.2 Å². The average molecular weight is 880 g/mol. The van der Waals surface area contributed by atoms with Gasteiger partial charge in [-0.25, -0.2) is 9.48 Å². The third-order valence-corrected chi connectivity index (χ3v) is 10.0. The topological polar surface area (TPSA) is 173 Å². The molecule has 0 radical (unpaired) electrons. The van der Waals surface area contributed by atoms with Crippen LogP contribution in [-0.4, -0.2) is 74.3 Å². The molecule has 65 heavy (non-hydrogen) atoms. The Labute approximate surface area is 372 Å². The number of carbonyl (C=O) groups excluding carboxylic acids is 1. The van der Waals surface area contributed by atoms with E-state index >= 15 is 0 Å². The van der Waals surface area contributed by atoms with E-state index < -0.39 is 5.97 Å². The van der Waals surface area contributed by atoms with E-state index in [1.54, 1.807) is 102 Å². The number of methoxy groups -OCH3 is 1. The molecule has 0 unspecified atom stereocenters. The van der Waals surface area contributed by atoms with Crippen molar-refractivity contribution in [3.8, 4) is 39.9 Å². The molecule has 0 saturated carbocycles. The second-order valence-electron chi connectivity index (χ2n) is 14.5. The van der Waals surface area contributed by atoms with Gasteiger partial charge in [-0.3, -0.25) is 9.59 Å². The number of aromatic nitrogens is 3. The summed E-state index contributed by atoms with van der Waals surface area (Å²) in [5.41, 5.74) is 3.65. The maximum atomic E-state index is 13.6. The number of rotatable bonds is 22. The van der Waals surface area contributed by atoms with Crippen LogP contribution in [0.3, 0.4) is 0 Å². The molecule has 0 amide bonds. The summed E-state index contributed by atoms with van der Waals surface area (Å²) < 4.78 is 53.6. The minimum absolute atomic E-state index is 0.0299. The average Bonchev–Trinajstić information content (AvgIpc) is 3.80. The molecule has 0 spiro atoms. The van der Waals surface area contributed by atoms with Crippen molar-refractivity contribution in [3.05, 3.63) is 171 Å². The van der Waals surface area contributed by atoms with E-state index in [1.165, 1.54) is 13.2 Å². The van der Waals surface area contributed by atoms with Gasteiger partial charge in [0.1, 0.15) is 53.9 Å². The Hall–Kier alpha value is -7.59. The van der Waals surface area contributed by atoms with E-state index in [2.05, 4.69) is 10.3 Å². The fourth-order valence-corrected chi connectivity index (χ4v) is 6.79. The van der Waals surface area contributed by atoms with Crippen LogP contribution < -0.4 is 25.1 Å². The number of ether oxygens (including phenoxy) is 7. The highest BCUT2D eigenvalue weighted by Crippen LogP contribution is 2.33. The molecule has 15 heteroatoms. The van der Waals surface area contributed by atoms with Crippen molar-refractivity contribution in [2.45, 2.75) is 19.8 Å². The summed E-state index contributed by atoms with van der Waals surface area (Å²) in [4.78, 5) is 38.3. The number of fused-ring (bicyclic) bond motifs is 2. The summed E-state index contributed by atoms with van der Waals surface area (Å²) in [6.45, 7) is 3.32. The second kappa shape index (κ2) is 21.7. The van der Waals surface area contributed by atoms with Gasteiger partial charge in [0.05, 0.1) is 75.8 Å². The Balaban J connectivity index is 0.713. The largest absolute Gasteiger partial charge is 0.491 e. The molecule has 0 saturated heterocycles. The maximum absolute atomic E-state index is 13.6. The number of benzene rings is 5. The molecular weight excluding hydrogens is 835 g/mol. The first-order chi connectivity index (χ1) is 31.9. The predicted molar refractivity (Wildman–Crippen MR) is 240 cm³/mol. The molecule has 8 rings (SSSR count). The highest BCUT2D eigenvalue weighted by atomic mass is 16.5. The third-order valence-electron chi connectivity index (χ3n) is 10.0. The minimum atomic E-state index is -0.465. The first-order valence-corrected chi connectivity index (χ1v) is 20.9. The molecule has 0 aliphatic carbocycles. The molecule has 3 aromatic heterocycles. The van der Waals surface area contributed by atoms with Gasteiger partial charge in [0, 0.05) is 23.3 Å². The number of nitrogens with zero attached hydrogens (tertiary/aromatic N) is 3. The van der Waals surface area contributed by atoms with Crippen LogP contribution in [0.5, 0.6) is 17.2 Å². The van der Waals surface area contributed by atoms with E-state index in [9.17, 15) is 14.4 Å². The second-order valence-corrected chi connectivity index (χ2v) is 14.5. The monoisotopic (exact) mass is 879 g/mol. The van der Waals surface area contributed by atoms with Crippen molar-refractivity contribution >= 4 is 27.9 Å². The molecule has 0 N–H and O–H groups in total. The first-order valence-electron chi connectivity index (χ1n) is 20.9. The van der Waals surface area contributed by atoms with E-state index in [0.29, 0.717) is 114 Å². The minimum Gasteiger partial charge on any atom is -0.491 e. The summed E-state index contributed by atoms with van der Waals surface area (Å²) >= 11 is 0. The summed E-state index contributed by atoms with van der Waals surface area (Å²) in [6.07, 6.45) is 1.81. The maximum Gasteiger partial charge on any atom is 0.337 e. The van der Waals surface area contributed by atoms with Crippen molar-refractivity contribution in [3.63, 3.8) is 0 Å². The van der Waals surface area contributed by atoms with E-state index in [1.807, 2.05) is 30.3 Å². The lowest BCUT2D eigenvalue weighted by Gasteiger charge is -2.13. The van der Waals surface area contributed by atoms with Gasteiger partial charge in [-0.05, 0) is 66.2 Å². The van der Waals surface area contributed by atoms with E-state index in [4.69, 9.17) is 42.0 Å². The zero-order valence-electron chi connectivity index (χ0n) is 35.5. The Kier molecular flexibility index (Phi) is 14.7. The van der Waals surface area contributed by atoms with Crippen LogP contribution in [0.1, 0.15) is 21.6 Å². The Bertz CT molecular complexity index is 2960. The molecule has 0 fully saturated rings. The highest BCUT2D eigenvalue weighted by molar-refractivity contribution is 5.89. The van der Waals surface area contributed by atoms with Gasteiger partial charge in [0.15, 0.2) is 11.2 Å². The standard InChI is InChI=1S/C50H45N3O12/c1-57-50(56)37-11-7-8-34(28-37)32-63-49-47(55)42-12-5-6-13-44(42)65-48(49)36-14-16-39(17-15-36)61-26-24-59-23-22-58-21-20-53-31-38(51-52-53)33-60-25-27-62-40-18-19-41-43(54)30-45(64-46(41)29-40)35-9-3-2-4-10-35/h2-19,28-31H,20-27,32-33H2,1H3. The van der Waals surface area contributed by atoms with Crippen molar-refractivity contribution in [2.24, 2.45) is 0 Å². The van der Waals surface area contributed by atoms with Gasteiger partial charge < -0.3 is 42.0 Å². The van der Waals surface area contributed by atoms with Crippen molar-refractivity contribution in [1.82, 2.24) is 15.0 Å². The molecule has 332 valence electrons. The summed E-state index contributed by atoms with van der Waals surface area (Å²) in [6, 6.07) is 37.1. The molecule has 0 bridgehead atoms. The smallest absolute Gasteiger partial charge is 0.337 e. The molecule has 0 atom stereocenters. The van der Waals surface area contributed by atoms with Crippen LogP contribution in [0, 0.1) is 0 Å². The summed E-state index contributed by atoms with van der Waals surface area (Å²) in [5, 5.41) is 9.18. The SMILES string of the molecule is COC(=O)c1cccc(COc2c(-c3ccc(OCCOCCOCCn4cc(COCCOc5ccc6c(=O)cc(-c7ccccc7)oc6c5)nn4)cc3)oc3ccccc3c2=O)c1. The molecule has 5 aromatic carbocycles. The quantitative estimate of drug-likeness (QED) is 0.0475. The molecule has 0 aliphatic rings. The van der Waals surface area contributed by atoms with E-state index in [0.717, 1.165) is 5.56 Å². The molecule has 0 aliphatic heterocycles. The van der Waals surface area contributed by atoms with Crippen molar-refractivity contribution in [1.29, 1.82) is 0 Å². The first kappa shape index (κ1) is 44.0. The molecule has 8 aromatic rings. The van der Waals surface area contributed by atoms with Crippen LogP contribution in [0.2, 0.25) is 0 Å². The van der Waals surface area contributed by atoms with Crippen LogP contribution in [-0.2, 0) is 38.7 Å². The normalized spacial score (nSPS) is 11.2. The Morgan fingerprint density at radius 1 is 0.615 bits per heavy atom. The summed E-state index contributed by atoms with van der Waals surface area (Å²) in [5.74, 6) is 1.55. The lowest BCUT2D eigenvalue weighted by molar-refractivity contribution is 0.0333.